The summed E-state index contributed by atoms with van der Waals surface area (Å²) in [6.45, 7) is 2.11. The van der Waals surface area contributed by atoms with Gasteiger partial charge < -0.3 is 21.7 Å². The highest BCUT2D eigenvalue weighted by molar-refractivity contribution is 6.20. The second-order valence-electron chi connectivity index (χ2n) is 10.7. The molecule has 4 rings (SSSR count). The van der Waals surface area contributed by atoms with Crippen LogP contribution in [0.5, 0.6) is 0 Å². The van der Waals surface area contributed by atoms with E-state index in [-0.39, 0.29) is 18.4 Å². The summed E-state index contributed by atoms with van der Waals surface area (Å²) in [4.78, 5) is 56.3. The number of hydrogen-bond acceptors (Lipinski definition) is 7. The van der Waals surface area contributed by atoms with Gasteiger partial charge in [0, 0.05) is 36.9 Å². The van der Waals surface area contributed by atoms with Crippen LogP contribution in [0.25, 0.3) is 0 Å². The van der Waals surface area contributed by atoms with Crippen molar-refractivity contribution in [2.75, 3.05) is 25.0 Å². The average molecular weight is 589 g/mol. The third kappa shape index (κ3) is 8.25. The minimum atomic E-state index is -1.17. The highest BCUT2D eigenvalue weighted by atomic mass is 16.2. The number of aliphatic imine (C=N–C) groups is 1. The van der Waals surface area contributed by atoms with Crippen molar-refractivity contribution in [3.05, 3.63) is 65.7 Å². The van der Waals surface area contributed by atoms with Gasteiger partial charge in [0.15, 0.2) is 6.17 Å². The van der Waals surface area contributed by atoms with Crippen LogP contribution in [0.15, 0.2) is 64.7 Å². The molecular weight excluding hydrogens is 548 g/mol. The molecule has 2 aromatic rings. The fourth-order valence-corrected chi connectivity index (χ4v) is 5.38. The Balaban J connectivity index is 1.30. The lowest BCUT2D eigenvalue weighted by molar-refractivity contribution is -0.125. The average Bonchev–Trinajstić information content (AvgIpc) is 3.14. The number of urea groups is 1. The van der Waals surface area contributed by atoms with Gasteiger partial charge in [-0.1, -0.05) is 55.5 Å². The number of rotatable bonds is 10. The van der Waals surface area contributed by atoms with Crippen LogP contribution in [0.4, 0.5) is 10.5 Å². The Morgan fingerprint density at radius 3 is 2.47 bits per heavy atom. The summed E-state index contributed by atoms with van der Waals surface area (Å²) in [6.07, 6.45) is 4.16. The molecule has 2 aliphatic rings. The zero-order chi connectivity index (χ0) is 30.8. The molecule has 228 valence electrons. The highest BCUT2D eigenvalue weighted by Crippen LogP contribution is 2.29. The van der Waals surface area contributed by atoms with Gasteiger partial charge in [-0.05, 0) is 44.1 Å². The Morgan fingerprint density at radius 1 is 1.07 bits per heavy atom. The van der Waals surface area contributed by atoms with E-state index in [2.05, 4.69) is 31.5 Å². The number of anilines is 1. The monoisotopic (exact) mass is 588 g/mol. The summed E-state index contributed by atoms with van der Waals surface area (Å²) in [5, 5.41) is 12.4. The Morgan fingerprint density at radius 2 is 1.77 bits per heavy atom. The predicted molar refractivity (Wildman–Crippen MR) is 166 cm³/mol. The molecule has 0 spiro atoms. The summed E-state index contributed by atoms with van der Waals surface area (Å²) < 4.78 is 0. The van der Waals surface area contributed by atoms with Gasteiger partial charge >= 0.3 is 6.03 Å². The number of nitrogens with two attached hydrogens (primary N) is 1. The lowest BCUT2D eigenvalue weighted by atomic mass is 9.81. The van der Waals surface area contributed by atoms with Gasteiger partial charge in [-0.25, -0.2) is 10.2 Å². The van der Waals surface area contributed by atoms with Gasteiger partial charge in [-0.3, -0.25) is 24.3 Å². The van der Waals surface area contributed by atoms with Gasteiger partial charge in [0.05, 0.1) is 17.4 Å². The minimum absolute atomic E-state index is 0.0462. The number of hydrogen-bond donors (Lipinski definition) is 5. The van der Waals surface area contributed by atoms with E-state index in [1.165, 1.54) is 11.1 Å². The van der Waals surface area contributed by atoms with Crippen molar-refractivity contribution in [1.82, 2.24) is 21.4 Å². The van der Waals surface area contributed by atoms with Crippen LogP contribution in [-0.2, 0) is 14.4 Å². The maximum Gasteiger partial charge on any atom is 0.335 e. The molecule has 1 saturated carbocycles. The summed E-state index contributed by atoms with van der Waals surface area (Å²) in [5.41, 5.74) is 11.3. The first kappa shape index (κ1) is 31.4. The van der Waals surface area contributed by atoms with Gasteiger partial charge in [0.25, 0.3) is 5.91 Å². The van der Waals surface area contributed by atoms with E-state index in [1.54, 1.807) is 19.2 Å². The molecule has 1 fully saturated rings. The molecule has 0 aromatic heterocycles. The lowest BCUT2D eigenvalue weighted by Crippen LogP contribution is -2.49. The molecule has 1 aliphatic carbocycles. The van der Waals surface area contributed by atoms with Crippen molar-refractivity contribution in [3.63, 3.8) is 0 Å². The molecule has 5 amide bonds. The van der Waals surface area contributed by atoms with Crippen molar-refractivity contribution in [1.29, 1.82) is 0 Å². The second-order valence-corrected chi connectivity index (χ2v) is 10.7. The molecule has 2 aromatic carbocycles. The molecule has 0 radical (unpaired) electrons. The van der Waals surface area contributed by atoms with Crippen LogP contribution in [0.2, 0.25) is 0 Å². The number of carbonyl (C=O) groups excluding carboxylic acids is 4. The van der Waals surface area contributed by atoms with E-state index < -0.39 is 30.1 Å². The van der Waals surface area contributed by atoms with E-state index in [4.69, 9.17) is 5.73 Å². The summed E-state index contributed by atoms with van der Waals surface area (Å²) >= 11 is 0. The number of nitrogens with zero attached hydrogens (tertiary/aromatic N) is 3. The Kier molecular flexibility index (Phi) is 11.0. The topological polar surface area (TPSA) is 170 Å². The van der Waals surface area contributed by atoms with Crippen molar-refractivity contribution in [3.8, 4) is 0 Å². The third-order valence-corrected chi connectivity index (χ3v) is 7.81. The van der Waals surface area contributed by atoms with Crippen LogP contribution < -0.4 is 32.0 Å². The highest BCUT2D eigenvalue weighted by Gasteiger charge is 2.31. The minimum Gasteiger partial charge on any atom is -0.359 e. The van der Waals surface area contributed by atoms with Gasteiger partial charge in [-0.15, -0.1) is 0 Å². The molecule has 1 aliphatic heterocycles. The van der Waals surface area contributed by atoms with Gasteiger partial charge in [0.1, 0.15) is 6.54 Å². The van der Waals surface area contributed by atoms with Gasteiger partial charge in [0.2, 0.25) is 11.8 Å². The summed E-state index contributed by atoms with van der Waals surface area (Å²) in [6, 6.07) is 15.8. The zero-order valence-electron chi connectivity index (χ0n) is 24.6. The van der Waals surface area contributed by atoms with Crippen LogP contribution >= 0.6 is 0 Å². The molecule has 12 heteroatoms. The fraction of sp³-hybridized carbons (Fsp3) is 0.419. The number of hydrazone groups is 1. The first-order valence-electron chi connectivity index (χ1n) is 14.7. The molecule has 6 N–H and O–H groups in total. The number of amides is 5. The van der Waals surface area contributed by atoms with Crippen molar-refractivity contribution in [2.24, 2.45) is 27.7 Å². The van der Waals surface area contributed by atoms with E-state index in [0.29, 0.717) is 35.8 Å². The van der Waals surface area contributed by atoms with Crippen molar-refractivity contribution in [2.45, 2.75) is 51.2 Å². The van der Waals surface area contributed by atoms with E-state index in [9.17, 15) is 19.2 Å². The first-order chi connectivity index (χ1) is 20.8. The van der Waals surface area contributed by atoms with Crippen LogP contribution in [0, 0.1) is 11.8 Å². The number of fused-ring (bicyclic) bond motifs is 1. The number of benzene rings is 2. The van der Waals surface area contributed by atoms with Crippen molar-refractivity contribution >= 4 is 41.4 Å². The van der Waals surface area contributed by atoms with Crippen LogP contribution in [0.1, 0.15) is 50.2 Å². The third-order valence-electron chi connectivity index (χ3n) is 7.81. The molecule has 1 heterocycles. The lowest BCUT2D eigenvalue weighted by Gasteiger charge is -2.27. The number of nitrogens with one attached hydrogen (secondary N) is 4. The van der Waals surface area contributed by atoms with E-state index >= 15 is 0 Å². The molecule has 0 saturated heterocycles. The number of benzodiazepines with no additional fused rings is 1. The van der Waals surface area contributed by atoms with E-state index in [1.807, 2.05) is 49.4 Å². The molecule has 0 bridgehead atoms. The Hall–Kier alpha value is -4.58. The summed E-state index contributed by atoms with van der Waals surface area (Å²) in [5.74, 6) is -0.463. The SMILES string of the molecule is CC[C@@H](/C=N/NC(=O)NCC1CCC(C(=O)NC)CC1)NC(=O)CN1C(=O)C(N)N=C(c2ccccc2)c2ccccc21. The molecule has 43 heavy (non-hydrogen) atoms. The van der Waals surface area contributed by atoms with Crippen LogP contribution in [-0.4, -0.2) is 68.0 Å². The summed E-state index contributed by atoms with van der Waals surface area (Å²) in [7, 11) is 1.65. The second kappa shape index (κ2) is 15.1. The maximum atomic E-state index is 13.3. The molecule has 1 unspecified atom stereocenters. The van der Waals surface area contributed by atoms with Crippen LogP contribution in [0.3, 0.4) is 0 Å². The van der Waals surface area contributed by atoms with E-state index in [0.717, 1.165) is 31.2 Å². The number of para-hydroxylation sites is 1. The standard InChI is InChI=1S/C31H40N8O4/c1-3-23(18-35-38-31(43)34-17-20-13-15-22(16-14-20)29(41)33-2)36-26(40)19-39-25-12-8-7-11-24(25)27(37-28(32)30(39)42)21-9-5-4-6-10-21/h4-12,18,20,22-23,28H,3,13-17,19,32H2,1-2H3,(H,33,41)(H,36,40)(H2,34,38,43)/b35-18+/t20?,22?,23-,28?/m0/s1. The molecular formula is C31H40N8O4. The zero-order valence-corrected chi connectivity index (χ0v) is 24.6. The smallest absolute Gasteiger partial charge is 0.335 e. The largest absolute Gasteiger partial charge is 0.359 e. The molecule has 2 atom stereocenters. The number of carbonyl (C=O) groups is 4. The molecule has 12 nitrogen and oxygen atoms in total. The first-order valence-corrected chi connectivity index (χ1v) is 14.7. The van der Waals surface area contributed by atoms with Crippen molar-refractivity contribution < 1.29 is 19.2 Å². The Bertz CT molecular complexity index is 1350. The maximum absolute atomic E-state index is 13.3. The Labute approximate surface area is 251 Å². The predicted octanol–water partition coefficient (Wildman–Crippen LogP) is 1.89. The quantitative estimate of drug-likeness (QED) is 0.210. The van der Waals surface area contributed by atoms with Gasteiger partial charge in [-0.2, -0.15) is 5.10 Å². The fourth-order valence-electron chi connectivity index (χ4n) is 5.38. The normalized spacial score (nSPS) is 20.8.